The van der Waals surface area contributed by atoms with Crippen LogP contribution in [-0.4, -0.2) is 81.5 Å². The molecular formula is C31H43N5O4. The van der Waals surface area contributed by atoms with Gasteiger partial charge in [0.2, 0.25) is 0 Å². The number of aromatic nitrogens is 2. The molecule has 0 radical (unpaired) electrons. The van der Waals surface area contributed by atoms with Gasteiger partial charge in [0.1, 0.15) is 5.75 Å². The maximum Gasteiger partial charge on any atom is 0.337 e. The summed E-state index contributed by atoms with van der Waals surface area (Å²) in [6.45, 7) is 10.1. The van der Waals surface area contributed by atoms with Crippen LogP contribution in [0, 0.1) is 12.8 Å². The van der Waals surface area contributed by atoms with Crippen molar-refractivity contribution in [2.24, 2.45) is 5.92 Å². The number of amides is 2. The number of aryl methyl sites for hydroxylation is 1. The molecule has 3 heterocycles. The number of rotatable bonds is 9. The van der Waals surface area contributed by atoms with Crippen LogP contribution in [0.4, 0.5) is 4.79 Å². The van der Waals surface area contributed by atoms with E-state index in [1.54, 1.807) is 24.3 Å². The van der Waals surface area contributed by atoms with Gasteiger partial charge in [0.05, 0.1) is 18.7 Å². The topological polar surface area (TPSA) is 88.1 Å². The van der Waals surface area contributed by atoms with Crippen molar-refractivity contribution in [1.29, 1.82) is 0 Å². The fourth-order valence-corrected chi connectivity index (χ4v) is 6.56. The average Bonchev–Trinajstić information content (AvgIpc) is 3.58. The molecule has 5 rings (SSSR count). The minimum atomic E-state index is -0.388. The van der Waals surface area contributed by atoms with Gasteiger partial charge >= 0.3 is 18.0 Å². The maximum absolute atomic E-state index is 13.6. The number of methoxy groups -OCH3 is 1. The third-order valence-electron chi connectivity index (χ3n) is 8.66. The smallest absolute Gasteiger partial charge is 0.337 e. The Kier molecular flexibility index (Phi) is 8.88. The second kappa shape index (κ2) is 12.5. The molecule has 1 atom stereocenters. The fourth-order valence-electron chi connectivity index (χ4n) is 6.56. The van der Waals surface area contributed by atoms with Gasteiger partial charge in [0.25, 0.3) is 0 Å². The van der Waals surface area contributed by atoms with Crippen LogP contribution in [-0.2, 0) is 11.3 Å². The zero-order chi connectivity index (χ0) is 28.2. The quantitative estimate of drug-likeness (QED) is 0.386. The lowest BCUT2D eigenvalue weighted by atomic mass is 9.98. The summed E-state index contributed by atoms with van der Waals surface area (Å²) >= 11 is 0. The van der Waals surface area contributed by atoms with Gasteiger partial charge in [-0.25, -0.2) is 14.6 Å². The van der Waals surface area contributed by atoms with E-state index in [-0.39, 0.29) is 18.0 Å². The second-order valence-corrected chi connectivity index (χ2v) is 12.0. The minimum absolute atomic E-state index is 0.279. The van der Waals surface area contributed by atoms with E-state index in [9.17, 15) is 9.59 Å². The number of hydrogen-bond acceptors (Lipinski definition) is 7. The number of urea groups is 1. The van der Waals surface area contributed by atoms with Gasteiger partial charge in [-0.3, -0.25) is 4.90 Å². The summed E-state index contributed by atoms with van der Waals surface area (Å²) in [6.07, 6.45) is 9.76. The van der Waals surface area contributed by atoms with Gasteiger partial charge < -0.3 is 19.3 Å². The van der Waals surface area contributed by atoms with Crippen molar-refractivity contribution in [3.8, 4) is 11.8 Å². The molecule has 3 fully saturated rings. The Morgan fingerprint density at radius 3 is 2.38 bits per heavy atom. The van der Waals surface area contributed by atoms with Gasteiger partial charge in [-0.05, 0) is 69.2 Å². The van der Waals surface area contributed by atoms with Gasteiger partial charge in [-0.1, -0.05) is 26.7 Å². The first-order valence-electron chi connectivity index (χ1n) is 14.8. The number of carbonyl (C=O) groups excluding carboxylic acids is 2. The number of likely N-dealkylation sites (tertiary alicyclic amines) is 1. The Hall–Kier alpha value is -3.20. The monoisotopic (exact) mass is 549 g/mol. The molecule has 3 aliphatic rings. The van der Waals surface area contributed by atoms with Gasteiger partial charge in [0, 0.05) is 55.7 Å². The van der Waals surface area contributed by atoms with Crippen molar-refractivity contribution in [3.63, 3.8) is 0 Å². The summed E-state index contributed by atoms with van der Waals surface area (Å²) in [6, 6.07) is 8.37. The highest BCUT2D eigenvalue weighted by molar-refractivity contribution is 5.89. The molecule has 0 N–H and O–H groups in total. The molecular weight excluding hydrogens is 506 g/mol. The molecule has 1 saturated carbocycles. The second-order valence-electron chi connectivity index (χ2n) is 12.0. The average molecular weight is 550 g/mol. The van der Waals surface area contributed by atoms with E-state index in [0.717, 1.165) is 56.7 Å². The van der Waals surface area contributed by atoms with Gasteiger partial charge in [0.15, 0.2) is 0 Å². The lowest BCUT2D eigenvalue weighted by Gasteiger charge is -2.39. The van der Waals surface area contributed by atoms with Gasteiger partial charge in [-0.15, -0.1) is 0 Å². The number of carbonyl (C=O) groups is 2. The van der Waals surface area contributed by atoms with Gasteiger partial charge in [-0.2, -0.15) is 4.98 Å². The van der Waals surface area contributed by atoms with Crippen LogP contribution in [0.15, 0.2) is 30.5 Å². The summed E-state index contributed by atoms with van der Waals surface area (Å²) in [5.41, 5.74) is 2.42. The minimum Gasteiger partial charge on any atom is -0.465 e. The zero-order valence-corrected chi connectivity index (χ0v) is 24.3. The Bertz CT molecular complexity index is 1170. The molecule has 2 aliphatic heterocycles. The van der Waals surface area contributed by atoms with Crippen molar-refractivity contribution < 1.29 is 19.1 Å². The molecule has 1 aliphatic carbocycles. The van der Waals surface area contributed by atoms with Crippen molar-refractivity contribution in [2.75, 3.05) is 26.7 Å². The van der Waals surface area contributed by atoms with E-state index in [0.29, 0.717) is 35.4 Å². The lowest BCUT2D eigenvalue weighted by molar-refractivity contribution is 0.0600. The fraction of sp³-hybridized carbons (Fsp3) is 0.613. The first-order chi connectivity index (χ1) is 19.3. The number of benzene rings is 1. The van der Waals surface area contributed by atoms with E-state index < -0.39 is 0 Å². The van der Waals surface area contributed by atoms with Crippen molar-refractivity contribution in [2.45, 2.75) is 90.4 Å². The zero-order valence-electron chi connectivity index (χ0n) is 24.3. The standard InChI is InChI=1S/C31H43N5O4/c1-21(2)17-27-20-35(25-7-5-6-8-25)31(38)36(27)26-13-15-34(16-14-26)19-24-18-32-30(33-22(24)3)40-28-11-9-23(10-12-28)29(37)39-4/h9-12,18,21,25-27H,5-8,13-17,19-20H2,1-4H3/t27-/m1/s1. The normalized spacial score (nSPS) is 21.0. The SMILES string of the molecule is COC(=O)c1ccc(Oc2ncc(CN3CCC(N4C(=O)N(C5CCCC5)C[C@H]4CC(C)C)CC3)c(C)n2)cc1. The Labute approximate surface area is 237 Å². The lowest BCUT2D eigenvalue weighted by Crippen LogP contribution is -2.49. The highest BCUT2D eigenvalue weighted by Crippen LogP contribution is 2.34. The molecule has 1 aromatic heterocycles. The van der Waals surface area contributed by atoms with Crippen molar-refractivity contribution >= 4 is 12.0 Å². The molecule has 2 saturated heterocycles. The van der Waals surface area contributed by atoms with Crippen LogP contribution in [0.2, 0.25) is 0 Å². The molecule has 9 heteroatoms. The third kappa shape index (κ3) is 6.40. The Morgan fingerprint density at radius 1 is 1.05 bits per heavy atom. The summed E-state index contributed by atoms with van der Waals surface area (Å²) < 4.78 is 10.5. The number of nitrogens with zero attached hydrogens (tertiary/aromatic N) is 5. The van der Waals surface area contributed by atoms with E-state index in [1.165, 1.54) is 32.8 Å². The van der Waals surface area contributed by atoms with E-state index in [1.807, 2.05) is 13.1 Å². The van der Waals surface area contributed by atoms with Crippen molar-refractivity contribution in [1.82, 2.24) is 24.7 Å². The Balaban J connectivity index is 1.16. The van der Waals surface area contributed by atoms with Crippen LogP contribution in [0.1, 0.15) is 80.4 Å². The van der Waals surface area contributed by atoms with E-state index in [2.05, 4.69) is 38.5 Å². The van der Waals surface area contributed by atoms with Crippen LogP contribution in [0.3, 0.4) is 0 Å². The van der Waals surface area contributed by atoms with Crippen LogP contribution in [0.25, 0.3) is 0 Å². The van der Waals surface area contributed by atoms with Crippen LogP contribution in [0.5, 0.6) is 11.8 Å². The maximum atomic E-state index is 13.6. The van der Waals surface area contributed by atoms with Crippen LogP contribution >= 0.6 is 0 Å². The predicted molar refractivity (Wildman–Crippen MR) is 152 cm³/mol. The van der Waals surface area contributed by atoms with Crippen LogP contribution < -0.4 is 4.74 Å². The first-order valence-corrected chi connectivity index (χ1v) is 14.8. The van der Waals surface area contributed by atoms with E-state index in [4.69, 9.17) is 9.47 Å². The number of ether oxygens (including phenoxy) is 2. The molecule has 0 unspecified atom stereocenters. The highest BCUT2D eigenvalue weighted by Gasteiger charge is 2.44. The summed E-state index contributed by atoms with van der Waals surface area (Å²) in [5.74, 6) is 0.749. The molecule has 1 aromatic carbocycles. The molecule has 0 bridgehead atoms. The number of piperidine rings is 1. The molecule has 0 spiro atoms. The molecule has 2 aromatic rings. The predicted octanol–water partition coefficient (Wildman–Crippen LogP) is 5.42. The number of hydrogen-bond donors (Lipinski definition) is 0. The molecule has 9 nitrogen and oxygen atoms in total. The molecule has 216 valence electrons. The molecule has 40 heavy (non-hydrogen) atoms. The summed E-state index contributed by atoms with van der Waals surface area (Å²) in [4.78, 5) is 41.2. The summed E-state index contributed by atoms with van der Waals surface area (Å²) in [7, 11) is 1.36. The first kappa shape index (κ1) is 28.3. The van der Waals surface area contributed by atoms with Crippen molar-refractivity contribution in [3.05, 3.63) is 47.3 Å². The molecule has 2 amide bonds. The third-order valence-corrected chi connectivity index (χ3v) is 8.66. The van der Waals surface area contributed by atoms with E-state index >= 15 is 0 Å². The Morgan fingerprint density at radius 2 is 1.75 bits per heavy atom. The summed E-state index contributed by atoms with van der Waals surface area (Å²) in [5, 5.41) is 0. The number of esters is 1. The highest BCUT2D eigenvalue weighted by atomic mass is 16.5. The largest absolute Gasteiger partial charge is 0.465 e.